The van der Waals surface area contributed by atoms with Crippen LogP contribution in [0.2, 0.25) is 0 Å². The van der Waals surface area contributed by atoms with Crippen molar-refractivity contribution in [3.05, 3.63) is 35.4 Å². The van der Waals surface area contributed by atoms with Crippen LogP contribution in [0.3, 0.4) is 0 Å². The normalized spacial score (nSPS) is 31.5. The molecule has 3 aliphatic rings. The first-order valence-corrected chi connectivity index (χ1v) is 6.59. The Bertz CT molecular complexity index is 415. The van der Waals surface area contributed by atoms with Crippen molar-refractivity contribution >= 4 is 5.78 Å². The summed E-state index contributed by atoms with van der Waals surface area (Å²) < 4.78 is 0. The minimum atomic E-state index is 0.158. The summed E-state index contributed by atoms with van der Waals surface area (Å²) in [7, 11) is 0. The van der Waals surface area contributed by atoms with Gasteiger partial charge < -0.3 is 0 Å². The molecule has 0 amide bonds. The SMILES string of the molecule is Cc1ccc(C(=O)[C@@H]2CC3CCN2CC3)cc1. The molecule has 3 fully saturated rings. The Hall–Kier alpha value is -1.15. The van der Waals surface area contributed by atoms with Crippen LogP contribution < -0.4 is 0 Å². The van der Waals surface area contributed by atoms with Crippen molar-refractivity contribution in [3.63, 3.8) is 0 Å². The summed E-state index contributed by atoms with van der Waals surface area (Å²) in [5, 5.41) is 0. The molecule has 0 radical (unpaired) electrons. The fourth-order valence-electron chi connectivity index (χ4n) is 3.15. The van der Waals surface area contributed by atoms with E-state index in [0.717, 1.165) is 31.0 Å². The predicted octanol–water partition coefficient (Wildman–Crippen LogP) is 2.66. The van der Waals surface area contributed by atoms with Crippen LogP contribution in [-0.4, -0.2) is 29.8 Å². The van der Waals surface area contributed by atoms with Crippen LogP contribution in [0.25, 0.3) is 0 Å². The summed E-state index contributed by atoms with van der Waals surface area (Å²) in [4.78, 5) is 14.8. The molecule has 0 aliphatic carbocycles. The molecule has 0 saturated carbocycles. The molecule has 1 aromatic rings. The fraction of sp³-hybridized carbons (Fsp3) is 0.533. The van der Waals surface area contributed by atoms with Gasteiger partial charge in [0, 0.05) is 5.56 Å². The van der Waals surface area contributed by atoms with E-state index >= 15 is 0 Å². The second-order valence-corrected chi connectivity index (χ2v) is 5.46. The first kappa shape index (κ1) is 11.0. The Morgan fingerprint density at radius 1 is 1.18 bits per heavy atom. The van der Waals surface area contributed by atoms with Crippen LogP contribution in [0, 0.1) is 12.8 Å². The van der Waals surface area contributed by atoms with E-state index in [0.29, 0.717) is 5.78 Å². The van der Waals surface area contributed by atoms with Crippen LogP contribution in [-0.2, 0) is 0 Å². The molecule has 0 aromatic heterocycles. The van der Waals surface area contributed by atoms with Crippen molar-refractivity contribution in [3.8, 4) is 0 Å². The van der Waals surface area contributed by atoms with Gasteiger partial charge in [0.25, 0.3) is 0 Å². The zero-order valence-corrected chi connectivity index (χ0v) is 10.4. The summed E-state index contributed by atoms with van der Waals surface area (Å²) >= 11 is 0. The number of hydrogen-bond donors (Lipinski definition) is 0. The number of fused-ring (bicyclic) bond motifs is 3. The quantitative estimate of drug-likeness (QED) is 0.727. The van der Waals surface area contributed by atoms with Gasteiger partial charge in [0.1, 0.15) is 0 Å². The smallest absolute Gasteiger partial charge is 0.179 e. The van der Waals surface area contributed by atoms with E-state index in [9.17, 15) is 4.79 Å². The Morgan fingerprint density at radius 2 is 1.82 bits per heavy atom. The van der Waals surface area contributed by atoms with Gasteiger partial charge in [0.15, 0.2) is 5.78 Å². The van der Waals surface area contributed by atoms with Gasteiger partial charge >= 0.3 is 0 Å². The van der Waals surface area contributed by atoms with Gasteiger partial charge in [0.2, 0.25) is 0 Å². The van der Waals surface area contributed by atoms with Crippen LogP contribution in [0.4, 0.5) is 0 Å². The number of hydrogen-bond acceptors (Lipinski definition) is 2. The number of benzene rings is 1. The third-order valence-electron chi connectivity index (χ3n) is 4.29. The number of carbonyl (C=O) groups is 1. The van der Waals surface area contributed by atoms with Crippen LogP contribution in [0.5, 0.6) is 0 Å². The average molecular weight is 229 g/mol. The predicted molar refractivity (Wildman–Crippen MR) is 68.2 cm³/mol. The highest BCUT2D eigenvalue weighted by Crippen LogP contribution is 2.33. The molecule has 1 atom stereocenters. The lowest BCUT2D eigenvalue weighted by Gasteiger charge is -2.44. The zero-order chi connectivity index (χ0) is 11.8. The van der Waals surface area contributed by atoms with Gasteiger partial charge in [-0.3, -0.25) is 9.69 Å². The molecule has 4 rings (SSSR count). The van der Waals surface area contributed by atoms with Crippen molar-refractivity contribution < 1.29 is 4.79 Å². The van der Waals surface area contributed by atoms with E-state index < -0.39 is 0 Å². The van der Waals surface area contributed by atoms with E-state index in [1.807, 2.05) is 24.3 Å². The maximum absolute atomic E-state index is 12.5. The highest BCUT2D eigenvalue weighted by molar-refractivity contribution is 6.00. The Morgan fingerprint density at radius 3 is 2.35 bits per heavy atom. The highest BCUT2D eigenvalue weighted by Gasteiger charge is 2.37. The number of Topliss-reactive ketones (excluding diaryl/α,β-unsaturated/α-hetero) is 1. The van der Waals surface area contributed by atoms with Gasteiger partial charge in [0.05, 0.1) is 6.04 Å². The number of ketones is 1. The van der Waals surface area contributed by atoms with E-state index in [1.165, 1.54) is 18.4 Å². The number of carbonyl (C=O) groups excluding carboxylic acids is 1. The third-order valence-corrected chi connectivity index (χ3v) is 4.29. The molecule has 1 aromatic carbocycles. The first-order valence-electron chi connectivity index (χ1n) is 6.59. The number of aryl methyl sites for hydroxylation is 1. The lowest BCUT2D eigenvalue weighted by Crippen LogP contribution is -2.52. The monoisotopic (exact) mass is 229 g/mol. The average Bonchev–Trinajstić information content (AvgIpc) is 2.40. The lowest BCUT2D eigenvalue weighted by atomic mass is 9.80. The van der Waals surface area contributed by atoms with E-state index in [-0.39, 0.29) is 6.04 Å². The van der Waals surface area contributed by atoms with Crippen molar-refractivity contribution in [2.75, 3.05) is 13.1 Å². The largest absolute Gasteiger partial charge is 0.293 e. The fourth-order valence-corrected chi connectivity index (χ4v) is 3.15. The minimum Gasteiger partial charge on any atom is -0.293 e. The second-order valence-electron chi connectivity index (χ2n) is 5.46. The van der Waals surface area contributed by atoms with Gasteiger partial charge in [-0.05, 0) is 45.2 Å². The van der Waals surface area contributed by atoms with Gasteiger partial charge in [-0.2, -0.15) is 0 Å². The number of nitrogens with zero attached hydrogens (tertiary/aromatic N) is 1. The third kappa shape index (κ3) is 2.02. The lowest BCUT2D eigenvalue weighted by molar-refractivity contribution is 0.0407. The van der Waals surface area contributed by atoms with Crippen LogP contribution in [0.1, 0.15) is 35.2 Å². The van der Waals surface area contributed by atoms with Crippen LogP contribution >= 0.6 is 0 Å². The molecule has 3 heterocycles. The Kier molecular flexibility index (Phi) is 2.75. The molecular weight excluding hydrogens is 210 g/mol. The standard InChI is InChI=1S/C15H19NO/c1-11-2-4-13(5-3-11)15(17)14-10-12-6-8-16(14)9-7-12/h2-5,12,14H,6-10H2,1H3/t14-/m0/s1. The molecule has 2 heteroatoms. The van der Waals surface area contributed by atoms with E-state index in [2.05, 4.69) is 11.8 Å². The Balaban J connectivity index is 1.80. The topological polar surface area (TPSA) is 20.3 Å². The molecule has 17 heavy (non-hydrogen) atoms. The van der Waals surface area contributed by atoms with E-state index in [4.69, 9.17) is 0 Å². The van der Waals surface area contributed by atoms with E-state index in [1.54, 1.807) is 0 Å². The first-order chi connectivity index (χ1) is 8.24. The zero-order valence-electron chi connectivity index (χ0n) is 10.4. The summed E-state index contributed by atoms with van der Waals surface area (Å²) in [6.45, 7) is 4.29. The van der Waals surface area contributed by atoms with Gasteiger partial charge in [-0.15, -0.1) is 0 Å². The molecule has 2 bridgehead atoms. The van der Waals surface area contributed by atoms with Crippen molar-refractivity contribution in [2.24, 2.45) is 5.92 Å². The molecule has 3 aliphatic heterocycles. The second kappa shape index (κ2) is 4.26. The summed E-state index contributed by atoms with van der Waals surface area (Å²) in [6.07, 6.45) is 3.65. The van der Waals surface area contributed by atoms with Crippen molar-refractivity contribution in [1.29, 1.82) is 0 Å². The van der Waals surface area contributed by atoms with Gasteiger partial charge in [-0.25, -0.2) is 0 Å². The molecule has 2 nitrogen and oxygen atoms in total. The molecular formula is C15H19NO. The minimum absolute atomic E-state index is 0.158. The molecule has 3 saturated heterocycles. The molecule has 90 valence electrons. The maximum Gasteiger partial charge on any atom is 0.179 e. The number of piperidine rings is 3. The van der Waals surface area contributed by atoms with Crippen LogP contribution in [0.15, 0.2) is 24.3 Å². The molecule has 0 spiro atoms. The molecule has 0 N–H and O–H groups in total. The summed E-state index contributed by atoms with van der Waals surface area (Å²) in [5.74, 6) is 1.12. The van der Waals surface area contributed by atoms with Gasteiger partial charge in [-0.1, -0.05) is 29.8 Å². The Labute approximate surface area is 103 Å². The van der Waals surface area contributed by atoms with Crippen molar-refractivity contribution in [1.82, 2.24) is 4.90 Å². The summed E-state index contributed by atoms with van der Waals surface area (Å²) in [6, 6.07) is 8.17. The maximum atomic E-state index is 12.5. The number of rotatable bonds is 2. The highest BCUT2D eigenvalue weighted by atomic mass is 16.1. The van der Waals surface area contributed by atoms with Crippen molar-refractivity contribution in [2.45, 2.75) is 32.2 Å². The summed E-state index contributed by atoms with van der Waals surface area (Å²) in [5.41, 5.74) is 2.10. The molecule has 0 unspecified atom stereocenters.